The molecule has 0 atom stereocenters. The number of fused-ring (bicyclic) bond motifs is 1. The monoisotopic (exact) mass is 414 g/mol. The Morgan fingerprint density at radius 3 is 2.47 bits per heavy atom. The van der Waals surface area contributed by atoms with Crippen LogP contribution in [0.15, 0.2) is 16.9 Å². The number of hydrogen-bond acceptors (Lipinski definition) is 5. The quantitative estimate of drug-likeness (QED) is 0.645. The van der Waals surface area contributed by atoms with Crippen molar-refractivity contribution >= 4 is 23.0 Å². The average Bonchev–Trinajstić information content (AvgIpc) is 2.69. The number of aryl methyl sites for hydroxylation is 1. The van der Waals surface area contributed by atoms with Gasteiger partial charge in [0.2, 0.25) is 5.95 Å². The summed E-state index contributed by atoms with van der Waals surface area (Å²) in [4.78, 5) is 33.7. The maximum absolute atomic E-state index is 12.5. The maximum atomic E-state index is 12.5. The van der Waals surface area contributed by atoms with Crippen molar-refractivity contribution in [3.63, 3.8) is 0 Å². The SMILES string of the molecule is CCCc1nc(NC2CCC(NC(=O)NCC)CC2)nc2c1ccc(=O)n2C(C)C. The van der Waals surface area contributed by atoms with Gasteiger partial charge >= 0.3 is 6.03 Å². The van der Waals surface area contributed by atoms with E-state index in [9.17, 15) is 9.59 Å². The molecule has 1 aliphatic rings. The highest BCUT2D eigenvalue weighted by molar-refractivity contribution is 5.79. The zero-order valence-corrected chi connectivity index (χ0v) is 18.5. The number of urea groups is 1. The van der Waals surface area contributed by atoms with Crippen LogP contribution in [0.3, 0.4) is 0 Å². The van der Waals surface area contributed by atoms with Gasteiger partial charge in [0.1, 0.15) is 5.65 Å². The molecule has 2 heterocycles. The van der Waals surface area contributed by atoms with Gasteiger partial charge in [-0.1, -0.05) is 13.3 Å². The molecule has 0 saturated heterocycles. The molecule has 3 rings (SSSR count). The van der Waals surface area contributed by atoms with E-state index in [1.54, 1.807) is 10.6 Å². The maximum Gasteiger partial charge on any atom is 0.314 e. The molecule has 2 aromatic rings. The van der Waals surface area contributed by atoms with E-state index < -0.39 is 0 Å². The lowest BCUT2D eigenvalue weighted by Crippen LogP contribution is -2.44. The summed E-state index contributed by atoms with van der Waals surface area (Å²) in [6.07, 6.45) is 5.53. The van der Waals surface area contributed by atoms with E-state index in [2.05, 4.69) is 22.9 Å². The lowest BCUT2D eigenvalue weighted by Gasteiger charge is -2.29. The van der Waals surface area contributed by atoms with Crippen molar-refractivity contribution in [2.24, 2.45) is 0 Å². The van der Waals surface area contributed by atoms with Crippen LogP contribution < -0.4 is 21.5 Å². The summed E-state index contributed by atoms with van der Waals surface area (Å²) in [5, 5.41) is 10.3. The summed E-state index contributed by atoms with van der Waals surface area (Å²) in [7, 11) is 0. The third kappa shape index (κ3) is 5.09. The van der Waals surface area contributed by atoms with Crippen LogP contribution in [-0.4, -0.2) is 39.2 Å². The molecular weight excluding hydrogens is 380 g/mol. The fourth-order valence-corrected chi connectivity index (χ4v) is 4.15. The average molecular weight is 415 g/mol. The highest BCUT2D eigenvalue weighted by Crippen LogP contribution is 2.24. The first-order valence-corrected chi connectivity index (χ1v) is 11.2. The highest BCUT2D eigenvalue weighted by atomic mass is 16.2. The van der Waals surface area contributed by atoms with Crippen LogP contribution in [0.5, 0.6) is 0 Å². The van der Waals surface area contributed by atoms with E-state index in [4.69, 9.17) is 9.97 Å². The van der Waals surface area contributed by atoms with Crippen molar-refractivity contribution in [2.45, 2.75) is 84.3 Å². The second-order valence-electron chi connectivity index (χ2n) is 8.31. The van der Waals surface area contributed by atoms with Crippen molar-refractivity contribution < 1.29 is 4.79 Å². The van der Waals surface area contributed by atoms with Crippen molar-refractivity contribution in [1.82, 2.24) is 25.2 Å². The van der Waals surface area contributed by atoms with Crippen LogP contribution in [0.4, 0.5) is 10.7 Å². The molecule has 8 heteroatoms. The number of pyridine rings is 1. The van der Waals surface area contributed by atoms with Crippen LogP contribution in [0, 0.1) is 0 Å². The van der Waals surface area contributed by atoms with Gasteiger partial charge in [-0.2, -0.15) is 4.98 Å². The molecule has 0 aromatic carbocycles. The molecule has 0 spiro atoms. The molecule has 0 unspecified atom stereocenters. The Bertz CT molecular complexity index is 931. The predicted octanol–water partition coefficient (Wildman–Crippen LogP) is 3.37. The third-order valence-electron chi connectivity index (χ3n) is 5.60. The zero-order valence-electron chi connectivity index (χ0n) is 18.5. The van der Waals surface area contributed by atoms with Gasteiger partial charge in [-0.3, -0.25) is 9.36 Å². The van der Waals surface area contributed by atoms with Crippen molar-refractivity contribution in [1.29, 1.82) is 0 Å². The highest BCUT2D eigenvalue weighted by Gasteiger charge is 2.23. The third-order valence-corrected chi connectivity index (χ3v) is 5.60. The Labute approximate surface area is 177 Å². The Hall–Kier alpha value is -2.64. The number of rotatable bonds is 7. The number of carbonyl (C=O) groups excluding carboxylic acids is 1. The second-order valence-corrected chi connectivity index (χ2v) is 8.31. The first-order valence-electron chi connectivity index (χ1n) is 11.2. The molecule has 3 N–H and O–H groups in total. The summed E-state index contributed by atoms with van der Waals surface area (Å²) >= 11 is 0. The van der Waals surface area contributed by atoms with E-state index >= 15 is 0 Å². The van der Waals surface area contributed by atoms with Gasteiger partial charge in [0.05, 0.1) is 5.69 Å². The number of nitrogens with one attached hydrogen (secondary N) is 3. The summed E-state index contributed by atoms with van der Waals surface area (Å²) < 4.78 is 1.74. The molecule has 30 heavy (non-hydrogen) atoms. The van der Waals surface area contributed by atoms with Crippen molar-refractivity contribution in [3.05, 3.63) is 28.2 Å². The molecule has 2 aromatic heterocycles. The van der Waals surface area contributed by atoms with Crippen LogP contribution in [0.25, 0.3) is 11.0 Å². The molecule has 8 nitrogen and oxygen atoms in total. The van der Waals surface area contributed by atoms with Gasteiger partial charge in [-0.15, -0.1) is 0 Å². The molecule has 0 radical (unpaired) electrons. The number of carbonyl (C=O) groups is 1. The molecule has 2 amide bonds. The van der Waals surface area contributed by atoms with Crippen LogP contribution in [0.2, 0.25) is 0 Å². The molecule has 164 valence electrons. The topological polar surface area (TPSA) is 101 Å². The summed E-state index contributed by atoms with van der Waals surface area (Å²) in [5.41, 5.74) is 1.64. The molecule has 1 aliphatic carbocycles. The van der Waals surface area contributed by atoms with Crippen molar-refractivity contribution in [3.8, 4) is 0 Å². The molecule has 0 bridgehead atoms. The number of hydrogen-bond donors (Lipinski definition) is 3. The Morgan fingerprint density at radius 2 is 1.83 bits per heavy atom. The number of aromatic nitrogens is 3. The summed E-state index contributed by atoms with van der Waals surface area (Å²) in [6.45, 7) is 8.67. The van der Waals surface area contributed by atoms with Gasteiger partial charge < -0.3 is 16.0 Å². The first kappa shape index (κ1) is 22.1. The van der Waals surface area contributed by atoms with Crippen LogP contribution >= 0.6 is 0 Å². The minimum absolute atomic E-state index is 0.0224. The second kappa shape index (κ2) is 9.91. The largest absolute Gasteiger partial charge is 0.351 e. The van der Waals surface area contributed by atoms with Gasteiger partial charge in [0, 0.05) is 36.1 Å². The first-order chi connectivity index (χ1) is 14.4. The van der Waals surface area contributed by atoms with Gasteiger partial charge in [0.15, 0.2) is 0 Å². The molecule has 1 fully saturated rings. The Kier molecular flexibility index (Phi) is 7.29. The molecular formula is C22H34N6O2. The van der Waals surface area contributed by atoms with Gasteiger partial charge in [-0.05, 0) is 58.9 Å². The van der Waals surface area contributed by atoms with E-state index in [0.717, 1.165) is 49.6 Å². The Balaban J connectivity index is 1.79. The number of anilines is 1. The number of nitrogens with zero attached hydrogens (tertiary/aromatic N) is 3. The van der Waals surface area contributed by atoms with E-state index in [0.29, 0.717) is 18.1 Å². The van der Waals surface area contributed by atoms with Crippen molar-refractivity contribution in [2.75, 3.05) is 11.9 Å². The standard InChI is InChI=1S/C22H34N6O2/c1-5-7-18-17-12-13-19(29)28(14(3)4)20(17)27-21(26-18)24-15-8-10-16(11-9-15)25-22(30)23-6-2/h12-16H,5-11H2,1-4H3,(H2,23,25,30)(H,24,26,27). The van der Waals surface area contributed by atoms with E-state index in [-0.39, 0.29) is 29.7 Å². The summed E-state index contributed by atoms with van der Waals surface area (Å²) in [6, 6.07) is 3.85. The smallest absolute Gasteiger partial charge is 0.314 e. The van der Waals surface area contributed by atoms with Gasteiger partial charge in [-0.25, -0.2) is 9.78 Å². The lowest BCUT2D eigenvalue weighted by atomic mass is 9.91. The normalized spacial score (nSPS) is 19.1. The Morgan fingerprint density at radius 1 is 1.13 bits per heavy atom. The van der Waals surface area contributed by atoms with Crippen LogP contribution in [-0.2, 0) is 6.42 Å². The predicted molar refractivity (Wildman–Crippen MR) is 120 cm³/mol. The van der Waals surface area contributed by atoms with Gasteiger partial charge in [0.25, 0.3) is 5.56 Å². The minimum atomic E-state index is -0.0948. The fourth-order valence-electron chi connectivity index (χ4n) is 4.15. The van der Waals surface area contributed by atoms with Crippen LogP contribution in [0.1, 0.15) is 71.5 Å². The fraction of sp³-hybridized carbons (Fsp3) is 0.636. The minimum Gasteiger partial charge on any atom is -0.351 e. The molecule has 0 aliphatic heterocycles. The van der Waals surface area contributed by atoms with E-state index in [1.165, 1.54) is 0 Å². The lowest BCUT2D eigenvalue weighted by molar-refractivity contribution is 0.232. The molecule has 1 saturated carbocycles. The zero-order chi connectivity index (χ0) is 21.7. The summed E-state index contributed by atoms with van der Waals surface area (Å²) in [5.74, 6) is 0.589. The van der Waals surface area contributed by atoms with E-state index in [1.807, 2.05) is 26.8 Å². The number of amides is 2.